The molecule has 0 N–H and O–H groups in total. The molecule has 2 atom stereocenters. The Kier molecular flexibility index (Phi) is 6.07. The molecule has 0 aromatic heterocycles. The molecule has 1 heterocycles. The second-order valence-electron chi connectivity index (χ2n) is 6.03. The first-order valence-electron chi connectivity index (χ1n) is 8.10. The lowest BCUT2D eigenvalue weighted by atomic mass is 9.91. The van der Waals surface area contributed by atoms with Crippen LogP contribution in [0.1, 0.15) is 45.1 Å². The molecule has 1 aromatic rings. The fourth-order valence-corrected chi connectivity index (χ4v) is 2.99. The predicted molar refractivity (Wildman–Crippen MR) is 85.3 cm³/mol. The lowest BCUT2D eigenvalue weighted by molar-refractivity contribution is 0.108. The lowest BCUT2D eigenvalue weighted by Crippen LogP contribution is -2.42. The molecule has 1 aliphatic rings. The molecule has 3 nitrogen and oxygen atoms in total. The van der Waals surface area contributed by atoms with Crippen LogP contribution in [0.2, 0.25) is 0 Å². The zero-order valence-corrected chi connectivity index (χ0v) is 13.2. The number of likely N-dealkylation sites (tertiary alicyclic amines) is 1. The van der Waals surface area contributed by atoms with Gasteiger partial charge < -0.3 is 9.64 Å². The normalized spacial score (nSPS) is 22.7. The zero-order chi connectivity index (χ0) is 15.1. The second-order valence-corrected chi connectivity index (χ2v) is 6.03. The van der Waals surface area contributed by atoms with Crippen LogP contribution in [0.15, 0.2) is 24.3 Å². The monoisotopic (exact) mass is 286 g/mol. The Labute approximate surface area is 128 Å². The number of hydrogen-bond acceptors (Lipinski definition) is 3. The van der Waals surface area contributed by atoms with Gasteiger partial charge in [0.25, 0.3) is 0 Å². The van der Waals surface area contributed by atoms with Gasteiger partial charge in [0.15, 0.2) is 0 Å². The number of piperidine rings is 1. The van der Waals surface area contributed by atoms with Crippen molar-refractivity contribution in [2.24, 2.45) is 5.92 Å². The van der Waals surface area contributed by atoms with Crippen molar-refractivity contribution < 1.29 is 4.74 Å². The standard InChI is InChI=1S/C18H26N2O/c1-3-16-6-5-15(2)20(14-16)11-4-12-21-18-9-7-17(13-19)8-10-18/h7-10,15-16H,3-6,11-12,14H2,1-2H3/t15-,16-/m1/s1. The molecule has 0 unspecified atom stereocenters. The maximum absolute atomic E-state index is 8.76. The van der Waals surface area contributed by atoms with E-state index in [-0.39, 0.29) is 0 Å². The highest BCUT2D eigenvalue weighted by atomic mass is 16.5. The summed E-state index contributed by atoms with van der Waals surface area (Å²) in [4.78, 5) is 2.61. The Morgan fingerprint density at radius 2 is 2.05 bits per heavy atom. The van der Waals surface area contributed by atoms with Crippen molar-refractivity contribution in [1.29, 1.82) is 5.26 Å². The lowest BCUT2D eigenvalue weighted by Gasteiger charge is -2.37. The average molecular weight is 286 g/mol. The predicted octanol–water partition coefficient (Wildman–Crippen LogP) is 3.84. The van der Waals surface area contributed by atoms with Crippen LogP contribution < -0.4 is 4.74 Å². The van der Waals surface area contributed by atoms with Crippen molar-refractivity contribution in [2.45, 2.75) is 45.6 Å². The number of ether oxygens (including phenoxy) is 1. The summed E-state index contributed by atoms with van der Waals surface area (Å²) in [7, 11) is 0. The molecular formula is C18H26N2O. The molecular weight excluding hydrogens is 260 g/mol. The Morgan fingerprint density at radius 1 is 1.29 bits per heavy atom. The highest BCUT2D eigenvalue weighted by molar-refractivity contribution is 5.34. The van der Waals surface area contributed by atoms with Gasteiger partial charge in [-0.15, -0.1) is 0 Å². The van der Waals surface area contributed by atoms with Crippen LogP contribution in [0.25, 0.3) is 0 Å². The third-order valence-corrected chi connectivity index (χ3v) is 4.53. The summed E-state index contributed by atoms with van der Waals surface area (Å²) in [6.45, 7) is 7.74. The largest absolute Gasteiger partial charge is 0.494 e. The van der Waals surface area contributed by atoms with E-state index in [0.29, 0.717) is 11.6 Å². The fourth-order valence-electron chi connectivity index (χ4n) is 2.99. The zero-order valence-electron chi connectivity index (χ0n) is 13.2. The quantitative estimate of drug-likeness (QED) is 0.746. The van der Waals surface area contributed by atoms with Crippen LogP contribution in [0.4, 0.5) is 0 Å². The second kappa shape index (κ2) is 8.05. The summed E-state index contributed by atoms with van der Waals surface area (Å²) in [5, 5.41) is 8.76. The minimum atomic E-state index is 0.676. The van der Waals surface area contributed by atoms with Crippen molar-refractivity contribution in [3.63, 3.8) is 0 Å². The molecule has 0 saturated carbocycles. The van der Waals surface area contributed by atoms with Crippen molar-refractivity contribution >= 4 is 0 Å². The molecule has 1 aromatic carbocycles. The van der Waals surface area contributed by atoms with E-state index in [9.17, 15) is 0 Å². The molecule has 0 radical (unpaired) electrons. The first kappa shape index (κ1) is 15.9. The first-order chi connectivity index (χ1) is 10.2. The van der Waals surface area contributed by atoms with Gasteiger partial charge in [0.05, 0.1) is 18.2 Å². The average Bonchev–Trinajstić information content (AvgIpc) is 2.53. The molecule has 114 valence electrons. The molecule has 21 heavy (non-hydrogen) atoms. The van der Waals surface area contributed by atoms with E-state index >= 15 is 0 Å². The smallest absolute Gasteiger partial charge is 0.119 e. The minimum Gasteiger partial charge on any atom is -0.494 e. The van der Waals surface area contributed by atoms with Crippen molar-refractivity contribution in [1.82, 2.24) is 4.90 Å². The molecule has 0 spiro atoms. The highest BCUT2D eigenvalue weighted by Gasteiger charge is 2.23. The SMILES string of the molecule is CC[C@@H]1CC[C@@H](C)N(CCCOc2ccc(C#N)cc2)C1. The number of benzene rings is 1. The van der Waals surface area contributed by atoms with Gasteiger partial charge in [0.2, 0.25) is 0 Å². The Morgan fingerprint density at radius 3 is 2.71 bits per heavy atom. The maximum Gasteiger partial charge on any atom is 0.119 e. The molecule has 2 rings (SSSR count). The van der Waals surface area contributed by atoms with E-state index in [1.165, 1.54) is 25.8 Å². The summed E-state index contributed by atoms with van der Waals surface area (Å²) in [5.74, 6) is 1.73. The third-order valence-electron chi connectivity index (χ3n) is 4.53. The molecule has 1 fully saturated rings. The summed E-state index contributed by atoms with van der Waals surface area (Å²) in [5.41, 5.74) is 0.676. The first-order valence-corrected chi connectivity index (χ1v) is 8.10. The number of nitriles is 1. The molecule has 0 bridgehead atoms. The van der Waals surface area contributed by atoms with Crippen LogP contribution >= 0.6 is 0 Å². The highest BCUT2D eigenvalue weighted by Crippen LogP contribution is 2.24. The summed E-state index contributed by atoms with van der Waals surface area (Å²) >= 11 is 0. The van der Waals surface area contributed by atoms with E-state index in [0.717, 1.165) is 31.2 Å². The summed E-state index contributed by atoms with van der Waals surface area (Å²) < 4.78 is 5.75. The van der Waals surface area contributed by atoms with E-state index in [2.05, 4.69) is 24.8 Å². The maximum atomic E-state index is 8.76. The van der Waals surface area contributed by atoms with Crippen LogP contribution in [0, 0.1) is 17.2 Å². The van der Waals surface area contributed by atoms with E-state index in [1.54, 1.807) is 12.1 Å². The van der Waals surface area contributed by atoms with E-state index in [4.69, 9.17) is 10.00 Å². The summed E-state index contributed by atoms with van der Waals surface area (Å²) in [6.07, 6.45) is 5.07. The number of nitrogens with zero attached hydrogens (tertiary/aromatic N) is 2. The Balaban J connectivity index is 1.70. The van der Waals surface area contributed by atoms with Gasteiger partial charge in [-0.25, -0.2) is 0 Å². The van der Waals surface area contributed by atoms with Gasteiger partial charge in [-0.05, 0) is 56.4 Å². The van der Waals surface area contributed by atoms with Crippen LogP contribution in [0.3, 0.4) is 0 Å². The molecule has 3 heteroatoms. The van der Waals surface area contributed by atoms with Crippen molar-refractivity contribution in [3.8, 4) is 11.8 Å². The number of hydrogen-bond donors (Lipinski definition) is 0. The molecule has 1 saturated heterocycles. The van der Waals surface area contributed by atoms with E-state index < -0.39 is 0 Å². The van der Waals surface area contributed by atoms with E-state index in [1.807, 2.05) is 12.1 Å². The molecule has 0 amide bonds. The fraction of sp³-hybridized carbons (Fsp3) is 0.611. The molecule has 1 aliphatic heterocycles. The summed E-state index contributed by atoms with van der Waals surface area (Å²) in [6, 6.07) is 10.2. The van der Waals surface area contributed by atoms with Crippen LogP contribution in [0.5, 0.6) is 5.75 Å². The van der Waals surface area contributed by atoms with Crippen molar-refractivity contribution in [3.05, 3.63) is 29.8 Å². The van der Waals surface area contributed by atoms with Crippen LogP contribution in [-0.2, 0) is 0 Å². The van der Waals surface area contributed by atoms with Gasteiger partial charge in [0, 0.05) is 19.1 Å². The minimum absolute atomic E-state index is 0.676. The number of rotatable bonds is 6. The Bertz CT molecular complexity index is 463. The van der Waals surface area contributed by atoms with Crippen molar-refractivity contribution in [2.75, 3.05) is 19.7 Å². The topological polar surface area (TPSA) is 36.3 Å². The van der Waals surface area contributed by atoms with Crippen LogP contribution in [-0.4, -0.2) is 30.6 Å². The van der Waals surface area contributed by atoms with Gasteiger partial charge in [0.1, 0.15) is 5.75 Å². The van der Waals surface area contributed by atoms with Gasteiger partial charge in [-0.2, -0.15) is 5.26 Å². The third kappa shape index (κ3) is 4.75. The Hall–Kier alpha value is -1.53. The van der Waals surface area contributed by atoms with Gasteiger partial charge >= 0.3 is 0 Å². The van der Waals surface area contributed by atoms with Gasteiger partial charge in [-0.1, -0.05) is 13.3 Å². The van der Waals surface area contributed by atoms with Gasteiger partial charge in [-0.3, -0.25) is 0 Å². The molecule has 0 aliphatic carbocycles.